The van der Waals surface area contributed by atoms with Crippen LogP contribution >= 0.6 is 0 Å². The maximum absolute atomic E-state index is 10.5. The van der Waals surface area contributed by atoms with E-state index < -0.39 is 5.97 Å². The Labute approximate surface area is 106 Å². The minimum atomic E-state index is -0.688. The number of carbonyl (C=O) groups is 1. The van der Waals surface area contributed by atoms with Crippen LogP contribution in [0.2, 0.25) is 0 Å². The second-order valence-electron chi connectivity index (χ2n) is 5.17. The van der Waals surface area contributed by atoms with E-state index in [1.54, 1.807) is 0 Å². The fourth-order valence-corrected chi connectivity index (χ4v) is 2.26. The molecule has 0 amide bonds. The molecule has 1 atom stereocenters. The van der Waals surface area contributed by atoms with Gasteiger partial charge in [0.15, 0.2) is 0 Å². The van der Waals surface area contributed by atoms with E-state index in [-0.39, 0.29) is 6.42 Å². The molecule has 17 heavy (non-hydrogen) atoms. The van der Waals surface area contributed by atoms with E-state index in [1.165, 1.54) is 25.7 Å². The first-order valence-corrected chi connectivity index (χ1v) is 6.96. The first-order chi connectivity index (χ1) is 7.99. The van der Waals surface area contributed by atoms with Crippen molar-refractivity contribution in [3.8, 4) is 0 Å². The summed E-state index contributed by atoms with van der Waals surface area (Å²) in [5.74, 6) is -0.688. The summed E-state index contributed by atoms with van der Waals surface area (Å²) in [6.45, 7) is 9.76. The molecule has 0 spiro atoms. The molecule has 0 fully saturated rings. The molecule has 0 heterocycles. The van der Waals surface area contributed by atoms with Crippen molar-refractivity contribution in [1.82, 2.24) is 4.90 Å². The summed E-state index contributed by atoms with van der Waals surface area (Å²) >= 11 is 0. The highest BCUT2D eigenvalue weighted by Crippen LogP contribution is 2.14. The summed E-state index contributed by atoms with van der Waals surface area (Å²) in [5, 5.41) is 8.66. The SMILES string of the molecule is CCCCCC(C)N(CCCC(=O)O)C(C)C. The molecule has 0 aromatic heterocycles. The third-order valence-electron chi connectivity index (χ3n) is 3.26. The second kappa shape index (κ2) is 9.46. The maximum Gasteiger partial charge on any atom is 0.303 e. The molecule has 0 aliphatic rings. The summed E-state index contributed by atoms with van der Waals surface area (Å²) in [4.78, 5) is 12.9. The normalized spacial score (nSPS) is 13.3. The Morgan fingerprint density at radius 1 is 1.18 bits per heavy atom. The largest absolute Gasteiger partial charge is 0.481 e. The molecule has 0 aliphatic heterocycles. The summed E-state index contributed by atoms with van der Waals surface area (Å²) in [6.07, 6.45) is 6.09. The highest BCUT2D eigenvalue weighted by Gasteiger charge is 2.16. The van der Waals surface area contributed by atoms with Crippen molar-refractivity contribution in [2.75, 3.05) is 6.54 Å². The van der Waals surface area contributed by atoms with Gasteiger partial charge in [0.1, 0.15) is 0 Å². The third-order valence-corrected chi connectivity index (χ3v) is 3.26. The molecule has 0 radical (unpaired) electrons. The summed E-state index contributed by atoms with van der Waals surface area (Å²) < 4.78 is 0. The van der Waals surface area contributed by atoms with Gasteiger partial charge in [-0.25, -0.2) is 0 Å². The van der Waals surface area contributed by atoms with Crippen LogP contribution in [-0.4, -0.2) is 34.6 Å². The molecular formula is C14H29NO2. The van der Waals surface area contributed by atoms with Gasteiger partial charge in [0, 0.05) is 18.5 Å². The van der Waals surface area contributed by atoms with Crippen molar-refractivity contribution >= 4 is 5.97 Å². The van der Waals surface area contributed by atoms with Crippen LogP contribution in [0.4, 0.5) is 0 Å². The molecule has 0 rings (SSSR count). The van der Waals surface area contributed by atoms with Gasteiger partial charge < -0.3 is 5.11 Å². The first kappa shape index (κ1) is 16.4. The van der Waals surface area contributed by atoms with E-state index in [2.05, 4.69) is 32.6 Å². The van der Waals surface area contributed by atoms with Crippen molar-refractivity contribution in [3.63, 3.8) is 0 Å². The van der Waals surface area contributed by atoms with Gasteiger partial charge in [0.2, 0.25) is 0 Å². The van der Waals surface area contributed by atoms with E-state index in [9.17, 15) is 4.79 Å². The Balaban J connectivity index is 3.98. The average molecular weight is 243 g/mol. The van der Waals surface area contributed by atoms with Crippen molar-refractivity contribution in [1.29, 1.82) is 0 Å². The van der Waals surface area contributed by atoms with Crippen molar-refractivity contribution in [2.24, 2.45) is 0 Å². The molecule has 0 aromatic carbocycles. The van der Waals surface area contributed by atoms with Crippen LogP contribution in [0.5, 0.6) is 0 Å². The number of hydrogen-bond acceptors (Lipinski definition) is 2. The molecular weight excluding hydrogens is 214 g/mol. The quantitative estimate of drug-likeness (QED) is 0.597. The van der Waals surface area contributed by atoms with Crippen LogP contribution in [0, 0.1) is 0 Å². The predicted octanol–water partition coefficient (Wildman–Crippen LogP) is 3.53. The topological polar surface area (TPSA) is 40.5 Å². The van der Waals surface area contributed by atoms with Crippen molar-refractivity contribution < 1.29 is 9.90 Å². The Kier molecular flexibility index (Phi) is 9.14. The molecule has 3 heteroatoms. The molecule has 0 saturated heterocycles. The number of unbranched alkanes of at least 4 members (excludes halogenated alkanes) is 2. The lowest BCUT2D eigenvalue weighted by Crippen LogP contribution is -2.39. The Morgan fingerprint density at radius 2 is 1.82 bits per heavy atom. The van der Waals surface area contributed by atoms with E-state index in [1.807, 2.05) is 0 Å². The van der Waals surface area contributed by atoms with Gasteiger partial charge >= 0.3 is 5.97 Å². The van der Waals surface area contributed by atoms with Crippen LogP contribution in [0.1, 0.15) is 66.2 Å². The second-order valence-corrected chi connectivity index (χ2v) is 5.17. The predicted molar refractivity (Wildman–Crippen MR) is 72.3 cm³/mol. The highest BCUT2D eigenvalue weighted by molar-refractivity contribution is 5.66. The number of carboxylic acids is 1. The zero-order chi connectivity index (χ0) is 13.3. The number of rotatable bonds is 10. The van der Waals surface area contributed by atoms with Gasteiger partial charge in [-0.1, -0.05) is 26.2 Å². The van der Waals surface area contributed by atoms with E-state index in [0.717, 1.165) is 13.0 Å². The van der Waals surface area contributed by atoms with E-state index in [4.69, 9.17) is 5.11 Å². The fourth-order valence-electron chi connectivity index (χ4n) is 2.26. The molecule has 0 bridgehead atoms. The zero-order valence-electron chi connectivity index (χ0n) is 11.9. The average Bonchev–Trinajstić information content (AvgIpc) is 2.23. The molecule has 3 nitrogen and oxygen atoms in total. The van der Waals surface area contributed by atoms with Crippen LogP contribution in [-0.2, 0) is 4.79 Å². The minimum absolute atomic E-state index is 0.283. The van der Waals surface area contributed by atoms with Crippen LogP contribution in [0.3, 0.4) is 0 Å². The van der Waals surface area contributed by atoms with E-state index in [0.29, 0.717) is 12.1 Å². The highest BCUT2D eigenvalue weighted by atomic mass is 16.4. The van der Waals surface area contributed by atoms with Gasteiger partial charge in [-0.15, -0.1) is 0 Å². The summed E-state index contributed by atoms with van der Waals surface area (Å²) in [6, 6.07) is 1.07. The van der Waals surface area contributed by atoms with Crippen molar-refractivity contribution in [3.05, 3.63) is 0 Å². The lowest BCUT2D eigenvalue weighted by Gasteiger charge is -2.32. The number of carboxylic acid groups (broad SMARTS) is 1. The lowest BCUT2D eigenvalue weighted by molar-refractivity contribution is -0.137. The minimum Gasteiger partial charge on any atom is -0.481 e. The Bertz CT molecular complexity index is 204. The van der Waals surface area contributed by atoms with E-state index >= 15 is 0 Å². The summed E-state index contributed by atoms with van der Waals surface area (Å²) in [5.41, 5.74) is 0. The molecule has 0 saturated carbocycles. The summed E-state index contributed by atoms with van der Waals surface area (Å²) in [7, 11) is 0. The first-order valence-electron chi connectivity index (χ1n) is 6.96. The fraction of sp³-hybridized carbons (Fsp3) is 0.929. The smallest absolute Gasteiger partial charge is 0.303 e. The Hall–Kier alpha value is -0.570. The van der Waals surface area contributed by atoms with Crippen LogP contribution in [0.15, 0.2) is 0 Å². The number of hydrogen-bond donors (Lipinski definition) is 1. The molecule has 0 aliphatic carbocycles. The molecule has 0 aromatic rings. The standard InChI is InChI=1S/C14H29NO2/c1-5-6-7-9-13(4)15(12(2)3)11-8-10-14(16)17/h12-13H,5-11H2,1-4H3,(H,16,17). The Morgan fingerprint density at radius 3 is 2.29 bits per heavy atom. The van der Waals surface area contributed by atoms with Crippen molar-refractivity contribution in [2.45, 2.75) is 78.3 Å². The van der Waals surface area contributed by atoms with Gasteiger partial charge in [-0.2, -0.15) is 0 Å². The number of aliphatic carboxylic acids is 1. The monoisotopic (exact) mass is 243 g/mol. The maximum atomic E-state index is 10.5. The van der Waals surface area contributed by atoms with Crippen LogP contribution in [0.25, 0.3) is 0 Å². The third kappa shape index (κ3) is 8.19. The molecule has 102 valence electrons. The van der Waals surface area contributed by atoms with Gasteiger partial charge in [-0.05, 0) is 40.2 Å². The number of nitrogens with zero attached hydrogens (tertiary/aromatic N) is 1. The molecule has 1 N–H and O–H groups in total. The van der Waals surface area contributed by atoms with Crippen LogP contribution < -0.4 is 0 Å². The molecule has 1 unspecified atom stereocenters. The van der Waals surface area contributed by atoms with Gasteiger partial charge in [0.25, 0.3) is 0 Å². The van der Waals surface area contributed by atoms with Gasteiger partial charge in [-0.3, -0.25) is 9.69 Å². The van der Waals surface area contributed by atoms with Gasteiger partial charge in [0.05, 0.1) is 0 Å². The zero-order valence-corrected chi connectivity index (χ0v) is 11.9. The lowest BCUT2D eigenvalue weighted by atomic mass is 10.1.